The zero-order valence-corrected chi connectivity index (χ0v) is 23.1. The van der Waals surface area contributed by atoms with Crippen LogP contribution in [0.4, 0.5) is 11.4 Å². The van der Waals surface area contributed by atoms with E-state index in [0.717, 1.165) is 43.2 Å². The normalized spacial score (nSPS) is 22.5. The molecule has 4 rings (SSSR count). The van der Waals surface area contributed by atoms with Gasteiger partial charge in [0.1, 0.15) is 0 Å². The van der Waals surface area contributed by atoms with Crippen molar-refractivity contribution in [3.63, 3.8) is 0 Å². The molecule has 0 aromatic heterocycles. The molecule has 8 nitrogen and oxygen atoms in total. The second kappa shape index (κ2) is 9.15. The van der Waals surface area contributed by atoms with Crippen molar-refractivity contribution in [2.75, 3.05) is 22.4 Å². The number of hydrogen-bond acceptors (Lipinski definition) is 5. The number of fused-ring (bicyclic) bond motifs is 2. The van der Waals surface area contributed by atoms with Crippen LogP contribution in [0.15, 0.2) is 47.4 Å². The molecule has 0 saturated heterocycles. The first kappa shape index (κ1) is 26.6. The molecule has 36 heavy (non-hydrogen) atoms. The van der Waals surface area contributed by atoms with Gasteiger partial charge in [-0.2, -0.15) is 0 Å². The monoisotopic (exact) mass is 533 g/mol. The first-order valence-corrected chi connectivity index (χ1v) is 15.5. The SMILES string of the molecule is CC(C)(C)NS(=O)(=O)c1cccc(C(=O)N2C[C@]3(CC[C@@H](C)CC3)c3cc(NS(C)(=O)=O)ccc32)c1. The van der Waals surface area contributed by atoms with Gasteiger partial charge in [-0.1, -0.05) is 13.0 Å². The minimum Gasteiger partial charge on any atom is -0.307 e. The molecule has 1 spiro atoms. The van der Waals surface area contributed by atoms with Crippen molar-refractivity contribution in [3.8, 4) is 0 Å². The Morgan fingerprint density at radius 1 is 1.03 bits per heavy atom. The van der Waals surface area contributed by atoms with E-state index < -0.39 is 25.6 Å². The van der Waals surface area contributed by atoms with Gasteiger partial charge in [0, 0.05) is 34.4 Å². The fraction of sp³-hybridized carbons (Fsp3) is 0.500. The molecule has 0 atom stereocenters. The number of anilines is 2. The molecule has 1 amide bonds. The van der Waals surface area contributed by atoms with Gasteiger partial charge in [0.25, 0.3) is 5.91 Å². The molecule has 1 fully saturated rings. The van der Waals surface area contributed by atoms with Crippen LogP contribution in [-0.4, -0.2) is 41.1 Å². The summed E-state index contributed by atoms with van der Waals surface area (Å²) in [6, 6.07) is 11.4. The van der Waals surface area contributed by atoms with E-state index in [-0.39, 0.29) is 21.8 Å². The molecule has 1 aliphatic heterocycles. The van der Waals surface area contributed by atoms with E-state index in [1.807, 2.05) is 6.07 Å². The summed E-state index contributed by atoms with van der Waals surface area (Å²) in [5.41, 5.74) is 1.56. The molecule has 1 heterocycles. The Bertz CT molecular complexity index is 1390. The molecule has 1 saturated carbocycles. The highest BCUT2D eigenvalue weighted by Crippen LogP contribution is 2.51. The number of carbonyl (C=O) groups excluding carboxylic acids is 1. The van der Waals surface area contributed by atoms with E-state index in [4.69, 9.17) is 0 Å². The maximum Gasteiger partial charge on any atom is 0.258 e. The molecule has 2 aromatic carbocycles. The highest BCUT2D eigenvalue weighted by molar-refractivity contribution is 7.92. The lowest BCUT2D eigenvalue weighted by molar-refractivity contribution is 0.0981. The van der Waals surface area contributed by atoms with Gasteiger partial charge in [-0.3, -0.25) is 9.52 Å². The van der Waals surface area contributed by atoms with Gasteiger partial charge in [0.2, 0.25) is 20.0 Å². The van der Waals surface area contributed by atoms with Gasteiger partial charge in [0.15, 0.2) is 0 Å². The van der Waals surface area contributed by atoms with Crippen LogP contribution in [0.5, 0.6) is 0 Å². The van der Waals surface area contributed by atoms with Crippen LogP contribution in [0.25, 0.3) is 0 Å². The third kappa shape index (κ3) is 5.60. The average molecular weight is 534 g/mol. The molecule has 0 bridgehead atoms. The van der Waals surface area contributed by atoms with Crippen LogP contribution in [0.2, 0.25) is 0 Å². The molecule has 2 N–H and O–H groups in total. The summed E-state index contributed by atoms with van der Waals surface area (Å²) < 4.78 is 54.6. The van der Waals surface area contributed by atoms with E-state index in [0.29, 0.717) is 18.2 Å². The first-order chi connectivity index (χ1) is 16.6. The predicted octanol–water partition coefficient (Wildman–Crippen LogP) is 4.24. The minimum absolute atomic E-state index is 0.0385. The topological polar surface area (TPSA) is 113 Å². The Hall–Kier alpha value is -2.43. The van der Waals surface area contributed by atoms with Crippen LogP contribution in [0.3, 0.4) is 0 Å². The van der Waals surface area contributed by atoms with Crippen molar-refractivity contribution in [1.29, 1.82) is 0 Å². The number of sulfonamides is 2. The highest BCUT2D eigenvalue weighted by Gasteiger charge is 2.46. The molecular formula is C26H35N3O5S2. The van der Waals surface area contributed by atoms with Crippen molar-refractivity contribution in [1.82, 2.24) is 4.72 Å². The minimum atomic E-state index is -3.80. The van der Waals surface area contributed by atoms with Crippen molar-refractivity contribution >= 4 is 37.3 Å². The number of hydrogen-bond donors (Lipinski definition) is 2. The number of nitrogens with one attached hydrogen (secondary N) is 2. The van der Waals surface area contributed by atoms with Gasteiger partial charge >= 0.3 is 0 Å². The van der Waals surface area contributed by atoms with E-state index in [1.54, 1.807) is 49.9 Å². The number of nitrogens with zero attached hydrogens (tertiary/aromatic N) is 1. The summed E-state index contributed by atoms with van der Waals surface area (Å²) in [6.07, 6.45) is 4.97. The van der Waals surface area contributed by atoms with Crippen LogP contribution in [0.1, 0.15) is 69.3 Å². The van der Waals surface area contributed by atoms with Crippen LogP contribution >= 0.6 is 0 Å². The lowest BCUT2D eigenvalue weighted by Crippen LogP contribution is -2.41. The molecular weight excluding hydrogens is 498 g/mol. The third-order valence-electron chi connectivity index (χ3n) is 6.93. The molecule has 1 aliphatic carbocycles. The zero-order chi connectivity index (χ0) is 26.5. The summed E-state index contributed by atoms with van der Waals surface area (Å²) in [5.74, 6) is 0.321. The Balaban J connectivity index is 1.72. The van der Waals surface area contributed by atoms with Gasteiger partial charge in [0.05, 0.1) is 11.2 Å². The quantitative estimate of drug-likeness (QED) is 0.597. The van der Waals surface area contributed by atoms with E-state index in [2.05, 4.69) is 16.4 Å². The molecule has 2 aliphatic rings. The molecule has 10 heteroatoms. The van der Waals surface area contributed by atoms with Gasteiger partial charge in [-0.05, 0) is 94.3 Å². The zero-order valence-electron chi connectivity index (χ0n) is 21.5. The number of amides is 1. The molecule has 2 aromatic rings. The maximum absolute atomic E-state index is 13.8. The highest BCUT2D eigenvalue weighted by atomic mass is 32.2. The Kier molecular flexibility index (Phi) is 6.77. The van der Waals surface area contributed by atoms with Crippen LogP contribution in [-0.2, 0) is 25.5 Å². The largest absolute Gasteiger partial charge is 0.307 e. The fourth-order valence-electron chi connectivity index (χ4n) is 5.28. The first-order valence-electron chi connectivity index (χ1n) is 12.2. The molecule has 196 valence electrons. The van der Waals surface area contributed by atoms with Crippen LogP contribution in [0, 0.1) is 5.92 Å². The van der Waals surface area contributed by atoms with E-state index in [9.17, 15) is 21.6 Å². The van der Waals surface area contributed by atoms with Crippen LogP contribution < -0.4 is 14.3 Å². The maximum atomic E-state index is 13.8. The van der Waals surface area contributed by atoms with Gasteiger partial charge < -0.3 is 4.90 Å². The van der Waals surface area contributed by atoms with Gasteiger partial charge in [-0.25, -0.2) is 21.6 Å². The Morgan fingerprint density at radius 3 is 2.31 bits per heavy atom. The number of benzene rings is 2. The van der Waals surface area contributed by atoms with Crippen molar-refractivity contribution in [3.05, 3.63) is 53.6 Å². The Labute approximate surface area is 214 Å². The summed E-state index contributed by atoms with van der Waals surface area (Å²) in [5, 5.41) is 0. The van der Waals surface area contributed by atoms with E-state index >= 15 is 0 Å². The number of rotatable bonds is 5. The lowest BCUT2D eigenvalue weighted by Gasteiger charge is -2.37. The standard InChI is InChI=1S/C26H35N3O5S2/c1-18-11-13-26(14-12-18)17-29(23-10-9-20(16-22(23)26)27-35(5,31)32)24(30)19-7-6-8-21(15-19)36(33,34)28-25(2,3)4/h6-10,15-16,18,27-28H,11-14,17H2,1-5H3/t18-,26-. The fourth-order valence-corrected chi connectivity index (χ4v) is 7.30. The lowest BCUT2D eigenvalue weighted by atomic mass is 9.68. The smallest absolute Gasteiger partial charge is 0.258 e. The van der Waals surface area contributed by atoms with Crippen molar-refractivity contribution in [2.24, 2.45) is 5.92 Å². The second-order valence-electron chi connectivity index (χ2n) is 11.3. The van der Waals surface area contributed by atoms with Gasteiger partial charge in [-0.15, -0.1) is 0 Å². The van der Waals surface area contributed by atoms with Crippen molar-refractivity contribution < 1.29 is 21.6 Å². The van der Waals surface area contributed by atoms with Crippen molar-refractivity contribution in [2.45, 2.75) is 69.2 Å². The van der Waals surface area contributed by atoms with E-state index in [1.165, 1.54) is 12.1 Å². The second-order valence-corrected chi connectivity index (χ2v) is 14.8. The summed E-state index contributed by atoms with van der Waals surface area (Å²) in [7, 11) is -7.24. The number of carbonyl (C=O) groups is 1. The Morgan fingerprint density at radius 2 is 1.69 bits per heavy atom. The third-order valence-corrected chi connectivity index (χ3v) is 9.29. The summed E-state index contributed by atoms with van der Waals surface area (Å²) in [4.78, 5) is 15.5. The predicted molar refractivity (Wildman–Crippen MR) is 142 cm³/mol. The summed E-state index contributed by atoms with van der Waals surface area (Å²) >= 11 is 0. The summed E-state index contributed by atoms with van der Waals surface area (Å²) in [6.45, 7) is 7.99. The average Bonchev–Trinajstić information content (AvgIpc) is 3.06. The molecule has 0 radical (unpaired) electrons. The molecule has 0 unspecified atom stereocenters.